The van der Waals surface area contributed by atoms with Crippen molar-refractivity contribution < 1.29 is 0 Å². The van der Waals surface area contributed by atoms with E-state index in [0.29, 0.717) is 6.04 Å². The van der Waals surface area contributed by atoms with Gasteiger partial charge >= 0.3 is 0 Å². The fraction of sp³-hybridized carbons (Fsp3) is 0.364. The lowest BCUT2D eigenvalue weighted by Gasteiger charge is -2.14. The Bertz CT molecular complexity index is 463. The molecule has 5 heteroatoms. The smallest absolute Gasteiger partial charge is 0.110 e. The van der Waals surface area contributed by atoms with Gasteiger partial charge in [0.15, 0.2) is 0 Å². The van der Waals surface area contributed by atoms with Crippen LogP contribution in [-0.2, 0) is 13.5 Å². The topological polar surface area (TPSA) is 29.9 Å². The Kier molecular flexibility index (Phi) is 3.78. The summed E-state index contributed by atoms with van der Waals surface area (Å²) in [5.74, 6) is 1.10. The maximum Gasteiger partial charge on any atom is 0.110 e. The molecule has 1 atom stereocenters. The molecule has 0 saturated heterocycles. The minimum atomic E-state index is 0.323. The van der Waals surface area contributed by atoms with E-state index in [4.69, 9.17) is 0 Å². The highest BCUT2D eigenvalue weighted by atomic mass is 79.9. The third kappa shape index (κ3) is 2.53. The SMILES string of the molecule is CNC(Cc1nccn1C)c1csc(Br)c1. The Morgan fingerprint density at radius 2 is 2.44 bits per heavy atom. The van der Waals surface area contributed by atoms with Crippen molar-refractivity contribution in [2.45, 2.75) is 12.5 Å². The molecule has 0 bridgehead atoms. The quantitative estimate of drug-likeness (QED) is 0.941. The molecule has 0 aliphatic carbocycles. The van der Waals surface area contributed by atoms with Crippen LogP contribution in [0.25, 0.3) is 0 Å². The van der Waals surface area contributed by atoms with Crippen LogP contribution in [0.5, 0.6) is 0 Å². The first-order valence-corrected chi connectivity index (χ1v) is 6.75. The summed E-state index contributed by atoms with van der Waals surface area (Å²) in [6, 6.07) is 2.48. The molecule has 1 unspecified atom stereocenters. The van der Waals surface area contributed by atoms with E-state index in [1.807, 2.05) is 26.5 Å². The molecule has 2 rings (SSSR count). The molecule has 0 aliphatic heterocycles. The molecule has 0 radical (unpaired) electrons. The van der Waals surface area contributed by atoms with Gasteiger partial charge in [-0.1, -0.05) is 0 Å². The van der Waals surface area contributed by atoms with Crippen LogP contribution in [0.3, 0.4) is 0 Å². The number of aromatic nitrogens is 2. The Labute approximate surface area is 108 Å². The van der Waals surface area contributed by atoms with Crippen LogP contribution in [0.1, 0.15) is 17.4 Å². The first-order chi connectivity index (χ1) is 7.70. The normalized spacial score (nSPS) is 12.9. The second kappa shape index (κ2) is 5.12. The van der Waals surface area contributed by atoms with E-state index in [2.05, 4.69) is 42.2 Å². The lowest BCUT2D eigenvalue weighted by atomic mass is 10.1. The van der Waals surface area contributed by atoms with Crippen molar-refractivity contribution in [3.63, 3.8) is 0 Å². The largest absolute Gasteiger partial charge is 0.338 e. The van der Waals surface area contributed by atoms with Crippen LogP contribution >= 0.6 is 27.3 Å². The number of halogens is 1. The number of rotatable bonds is 4. The van der Waals surface area contributed by atoms with Gasteiger partial charge in [0, 0.05) is 31.9 Å². The highest BCUT2D eigenvalue weighted by molar-refractivity contribution is 9.11. The molecule has 0 fully saturated rings. The summed E-state index contributed by atoms with van der Waals surface area (Å²) >= 11 is 5.21. The van der Waals surface area contributed by atoms with Crippen LogP contribution in [-0.4, -0.2) is 16.6 Å². The molecule has 86 valence electrons. The second-order valence-electron chi connectivity index (χ2n) is 3.68. The van der Waals surface area contributed by atoms with Gasteiger partial charge in [0.05, 0.1) is 3.79 Å². The predicted octanol–water partition coefficient (Wildman–Crippen LogP) is 2.75. The Morgan fingerprint density at radius 3 is 2.94 bits per heavy atom. The fourth-order valence-electron chi connectivity index (χ4n) is 1.67. The number of aryl methyl sites for hydroxylation is 1. The van der Waals surface area contributed by atoms with Crippen LogP contribution in [0, 0.1) is 0 Å². The monoisotopic (exact) mass is 299 g/mol. The molecule has 0 aliphatic rings. The molecule has 3 nitrogen and oxygen atoms in total. The van der Waals surface area contributed by atoms with Crippen LogP contribution in [0.4, 0.5) is 0 Å². The van der Waals surface area contributed by atoms with E-state index >= 15 is 0 Å². The van der Waals surface area contributed by atoms with Gasteiger partial charge in [-0.2, -0.15) is 0 Å². The first-order valence-electron chi connectivity index (χ1n) is 5.08. The number of imidazole rings is 1. The summed E-state index contributed by atoms with van der Waals surface area (Å²) in [7, 11) is 4.01. The Balaban J connectivity index is 2.15. The van der Waals surface area contributed by atoms with Gasteiger partial charge < -0.3 is 9.88 Å². The van der Waals surface area contributed by atoms with Crippen LogP contribution < -0.4 is 5.32 Å². The fourth-order valence-corrected chi connectivity index (χ4v) is 2.90. The van der Waals surface area contributed by atoms with E-state index in [1.165, 1.54) is 9.35 Å². The maximum atomic E-state index is 4.35. The van der Waals surface area contributed by atoms with Crippen molar-refractivity contribution >= 4 is 27.3 Å². The summed E-state index contributed by atoms with van der Waals surface area (Å²) in [6.07, 6.45) is 4.72. The molecule has 2 aromatic heterocycles. The van der Waals surface area contributed by atoms with Crippen LogP contribution in [0.2, 0.25) is 0 Å². The van der Waals surface area contributed by atoms with Gasteiger partial charge in [-0.3, -0.25) is 0 Å². The van der Waals surface area contributed by atoms with Crippen molar-refractivity contribution in [3.8, 4) is 0 Å². The van der Waals surface area contributed by atoms with E-state index < -0.39 is 0 Å². The van der Waals surface area contributed by atoms with Crippen molar-refractivity contribution in [3.05, 3.63) is 39.0 Å². The number of thiophene rings is 1. The molecular weight excluding hydrogens is 286 g/mol. The minimum Gasteiger partial charge on any atom is -0.338 e. The van der Waals surface area contributed by atoms with E-state index in [9.17, 15) is 0 Å². The summed E-state index contributed by atoms with van der Waals surface area (Å²) in [4.78, 5) is 4.35. The van der Waals surface area contributed by atoms with E-state index in [-0.39, 0.29) is 0 Å². The molecule has 0 amide bonds. The van der Waals surface area contributed by atoms with Gasteiger partial charge in [0.2, 0.25) is 0 Å². The zero-order valence-electron chi connectivity index (χ0n) is 9.27. The minimum absolute atomic E-state index is 0.323. The third-order valence-corrected chi connectivity index (χ3v) is 4.17. The molecule has 2 heterocycles. The standard InChI is InChI=1S/C11H14BrN3S/c1-13-9(8-5-10(12)16-7-8)6-11-14-3-4-15(11)2/h3-5,7,9,13H,6H2,1-2H3. The van der Waals surface area contributed by atoms with Crippen molar-refractivity contribution in [2.24, 2.45) is 7.05 Å². The average Bonchev–Trinajstić information content (AvgIpc) is 2.85. The molecule has 0 saturated carbocycles. The summed E-state index contributed by atoms with van der Waals surface area (Å²) < 4.78 is 3.23. The zero-order valence-corrected chi connectivity index (χ0v) is 11.7. The van der Waals surface area contributed by atoms with Gasteiger partial charge in [0.25, 0.3) is 0 Å². The number of likely N-dealkylation sites (N-methyl/N-ethyl adjacent to an activating group) is 1. The third-order valence-electron chi connectivity index (χ3n) is 2.65. The maximum absolute atomic E-state index is 4.35. The number of hydrogen-bond acceptors (Lipinski definition) is 3. The Morgan fingerprint density at radius 1 is 1.62 bits per heavy atom. The molecular formula is C11H14BrN3S. The van der Waals surface area contributed by atoms with Gasteiger partial charge in [-0.25, -0.2) is 4.98 Å². The van der Waals surface area contributed by atoms with Gasteiger partial charge in [-0.15, -0.1) is 11.3 Å². The number of hydrogen-bond donors (Lipinski definition) is 1. The highest BCUT2D eigenvalue weighted by Gasteiger charge is 2.13. The van der Waals surface area contributed by atoms with Crippen molar-refractivity contribution in [1.29, 1.82) is 0 Å². The lowest BCUT2D eigenvalue weighted by Crippen LogP contribution is -2.19. The highest BCUT2D eigenvalue weighted by Crippen LogP contribution is 2.26. The molecule has 0 spiro atoms. The zero-order chi connectivity index (χ0) is 11.5. The summed E-state index contributed by atoms with van der Waals surface area (Å²) in [5, 5.41) is 5.50. The van der Waals surface area contributed by atoms with Crippen molar-refractivity contribution in [2.75, 3.05) is 7.05 Å². The van der Waals surface area contributed by atoms with Gasteiger partial charge in [0.1, 0.15) is 5.82 Å². The molecule has 1 N–H and O–H groups in total. The number of nitrogens with zero attached hydrogens (tertiary/aromatic N) is 2. The molecule has 2 aromatic rings. The van der Waals surface area contributed by atoms with E-state index in [1.54, 1.807) is 11.3 Å². The lowest BCUT2D eigenvalue weighted by molar-refractivity contribution is 0.565. The molecule has 0 aromatic carbocycles. The Hall–Kier alpha value is -0.650. The predicted molar refractivity (Wildman–Crippen MR) is 70.7 cm³/mol. The van der Waals surface area contributed by atoms with Crippen molar-refractivity contribution in [1.82, 2.24) is 14.9 Å². The second-order valence-corrected chi connectivity index (χ2v) is 5.97. The average molecular weight is 300 g/mol. The van der Waals surface area contributed by atoms with Crippen LogP contribution in [0.15, 0.2) is 27.6 Å². The first kappa shape index (κ1) is 11.8. The number of nitrogens with one attached hydrogen (secondary N) is 1. The molecule has 16 heavy (non-hydrogen) atoms. The summed E-state index contributed by atoms with van der Waals surface area (Å²) in [6.45, 7) is 0. The van der Waals surface area contributed by atoms with E-state index in [0.717, 1.165) is 12.2 Å². The van der Waals surface area contributed by atoms with Gasteiger partial charge in [-0.05, 0) is 40.0 Å². The summed E-state index contributed by atoms with van der Waals surface area (Å²) in [5.41, 5.74) is 1.31.